The van der Waals surface area contributed by atoms with Gasteiger partial charge in [0.05, 0.1) is 0 Å². The largest absolute Gasteiger partial charge is 0.488 e. The standard InChI is InChI=1S/C10H12BNO3/c1-2-3-10(13)12-9-6-4-8(5-7-9)11(14)15/h2-7,14-15H,1H3,(H,12,13). The summed E-state index contributed by atoms with van der Waals surface area (Å²) in [6.45, 7) is 1.75. The molecule has 3 N–H and O–H groups in total. The van der Waals surface area contributed by atoms with E-state index in [-0.39, 0.29) is 5.91 Å². The van der Waals surface area contributed by atoms with Crippen LogP contribution in [0.1, 0.15) is 6.92 Å². The molecule has 1 aromatic rings. The van der Waals surface area contributed by atoms with Crippen molar-refractivity contribution >= 4 is 24.2 Å². The first kappa shape index (κ1) is 11.5. The summed E-state index contributed by atoms with van der Waals surface area (Å²) < 4.78 is 0. The Hall–Kier alpha value is -1.59. The second-order valence-electron chi connectivity index (χ2n) is 2.98. The summed E-state index contributed by atoms with van der Waals surface area (Å²) in [7, 11) is -1.48. The fraction of sp³-hybridized carbons (Fsp3) is 0.100. The van der Waals surface area contributed by atoms with E-state index in [0.29, 0.717) is 11.2 Å². The molecule has 1 aromatic carbocycles. The summed E-state index contributed by atoms with van der Waals surface area (Å²) in [6, 6.07) is 6.29. The summed E-state index contributed by atoms with van der Waals surface area (Å²) >= 11 is 0. The molecule has 0 atom stereocenters. The molecule has 0 saturated carbocycles. The zero-order valence-corrected chi connectivity index (χ0v) is 8.34. The van der Waals surface area contributed by atoms with Crippen LogP contribution in [-0.2, 0) is 4.79 Å². The molecule has 15 heavy (non-hydrogen) atoms. The van der Waals surface area contributed by atoms with Gasteiger partial charge in [-0.2, -0.15) is 0 Å². The molecule has 78 valence electrons. The molecule has 0 fully saturated rings. The first-order chi connectivity index (χ1) is 7.13. The maximum atomic E-state index is 11.1. The van der Waals surface area contributed by atoms with Crippen molar-refractivity contribution in [2.24, 2.45) is 0 Å². The third-order valence-electron chi connectivity index (χ3n) is 1.79. The minimum absolute atomic E-state index is 0.213. The lowest BCUT2D eigenvalue weighted by molar-refractivity contribution is -0.111. The van der Waals surface area contributed by atoms with Gasteiger partial charge in [-0.15, -0.1) is 0 Å². The van der Waals surface area contributed by atoms with Crippen LogP contribution in [0.4, 0.5) is 5.69 Å². The molecule has 0 heterocycles. The van der Waals surface area contributed by atoms with Crippen LogP contribution in [0.25, 0.3) is 0 Å². The van der Waals surface area contributed by atoms with Gasteiger partial charge in [0.25, 0.3) is 0 Å². The first-order valence-corrected chi connectivity index (χ1v) is 4.53. The van der Waals surface area contributed by atoms with Gasteiger partial charge in [-0.05, 0) is 30.6 Å². The Bertz CT molecular complexity index is 359. The second-order valence-corrected chi connectivity index (χ2v) is 2.98. The fourth-order valence-electron chi connectivity index (χ4n) is 1.07. The molecule has 0 spiro atoms. The zero-order chi connectivity index (χ0) is 11.3. The molecule has 4 nitrogen and oxygen atoms in total. The molecule has 0 bridgehead atoms. The van der Waals surface area contributed by atoms with E-state index in [2.05, 4.69) is 5.32 Å². The number of anilines is 1. The van der Waals surface area contributed by atoms with Crippen molar-refractivity contribution < 1.29 is 14.8 Å². The molecule has 0 aliphatic heterocycles. The van der Waals surface area contributed by atoms with E-state index in [1.165, 1.54) is 18.2 Å². The Morgan fingerprint density at radius 2 is 1.93 bits per heavy atom. The van der Waals surface area contributed by atoms with E-state index in [1.807, 2.05) is 0 Å². The van der Waals surface area contributed by atoms with E-state index < -0.39 is 7.12 Å². The maximum Gasteiger partial charge on any atom is 0.488 e. The van der Waals surface area contributed by atoms with Crippen molar-refractivity contribution in [2.75, 3.05) is 5.32 Å². The Kier molecular flexibility index (Phi) is 4.09. The van der Waals surface area contributed by atoms with Crippen molar-refractivity contribution in [2.45, 2.75) is 6.92 Å². The van der Waals surface area contributed by atoms with Crippen molar-refractivity contribution in [3.63, 3.8) is 0 Å². The summed E-state index contributed by atoms with van der Waals surface area (Å²) in [5, 5.41) is 20.3. The average Bonchev–Trinajstić information content (AvgIpc) is 2.18. The summed E-state index contributed by atoms with van der Waals surface area (Å²) in [5.41, 5.74) is 1.00. The first-order valence-electron chi connectivity index (χ1n) is 4.53. The normalized spacial score (nSPS) is 10.3. The summed E-state index contributed by atoms with van der Waals surface area (Å²) in [5.74, 6) is -0.213. The fourth-order valence-corrected chi connectivity index (χ4v) is 1.07. The number of hydrogen-bond acceptors (Lipinski definition) is 3. The minimum Gasteiger partial charge on any atom is -0.423 e. The molecular weight excluding hydrogens is 193 g/mol. The zero-order valence-electron chi connectivity index (χ0n) is 8.34. The lowest BCUT2D eigenvalue weighted by Crippen LogP contribution is -2.29. The highest BCUT2D eigenvalue weighted by Crippen LogP contribution is 2.04. The van der Waals surface area contributed by atoms with E-state index in [9.17, 15) is 4.79 Å². The molecule has 5 heteroatoms. The number of nitrogens with one attached hydrogen (secondary N) is 1. The van der Waals surface area contributed by atoms with Crippen LogP contribution in [0.2, 0.25) is 0 Å². The number of rotatable bonds is 3. The molecule has 0 unspecified atom stereocenters. The van der Waals surface area contributed by atoms with Gasteiger partial charge in [0.15, 0.2) is 0 Å². The predicted molar refractivity (Wildman–Crippen MR) is 59.7 cm³/mol. The summed E-state index contributed by atoms with van der Waals surface area (Å²) in [4.78, 5) is 11.1. The maximum absolute atomic E-state index is 11.1. The number of benzene rings is 1. The SMILES string of the molecule is CC=CC(=O)Nc1ccc(B(O)O)cc1. The molecule has 0 saturated heterocycles. The van der Waals surface area contributed by atoms with Crippen LogP contribution in [0.3, 0.4) is 0 Å². The lowest BCUT2D eigenvalue weighted by atomic mass is 9.80. The number of carbonyl (C=O) groups excluding carboxylic acids is 1. The smallest absolute Gasteiger partial charge is 0.423 e. The van der Waals surface area contributed by atoms with Gasteiger partial charge in [0, 0.05) is 5.69 Å². The van der Waals surface area contributed by atoms with E-state index in [1.54, 1.807) is 25.1 Å². The third kappa shape index (κ3) is 3.57. The van der Waals surface area contributed by atoms with E-state index in [0.717, 1.165) is 0 Å². The van der Waals surface area contributed by atoms with Crippen LogP contribution in [0.5, 0.6) is 0 Å². The molecule has 1 amide bonds. The highest BCUT2D eigenvalue weighted by Gasteiger charge is 2.09. The predicted octanol–water partition coefficient (Wildman–Crippen LogP) is -0.119. The molecule has 1 rings (SSSR count). The van der Waals surface area contributed by atoms with Gasteiger partial charge in [0.2, 0.25) is 5.91 Å². The monoisotopic (exact) mass is 205 g/mol. The van der Waals surface area contributed by atoms with Crippen molar-refractivity contribution in [1.82, 2.24) is 0 Å². The number of allylic oxidation sites excluding steroid dienone is 1. The average molecular weight is 205 g/mol. The van der Waals surface area contributed by atoms with Gasteiger partial charge >= 0.3 is 7.12 Å². The van der Waals surface area contributed by atoms with Gasteiger partial charge < -0.3 is 15.4 Å². The van der Waals surface area contributed by atoms with Crippen LogP contribution in [-0.4, -0.2) is 23.1 Å². The van der Waals surface area contributed by atoms with Gasteiger partial charge in [-0.3, -0.25) is 4.79 Å². The third-order valence-corrected chi connectivity index (χ3v) is 1.79. The quantitative estimate of drug-likeness (QED) is 0.476. The highest BCUT2D eigenvalue weighted by molar-refractivity contribution is 6.58. The minimum atomic E-state index is -1.48. The summed E-state index contributed by atoms with van der Waals surface area (Å²) in [6.07, 6.45) is 3.05. The molecule has 0 aromatic heterocycles. The topological polar surface area (TPSA) is 69.6 Å². The second kappa shape index (κ2) is 5.33. The van der Waals surface area contributed by atoms with Gasteiger partial charge in [-0.25, -0.2) is 0 Å². The number of hydrogen-bond donors (Lipinski definition) is 3. The Labute approximate surface area is 88.4 Å². The molecular formula is C10H12BNO3. The van der Waals surface area contributed by atoms with Crippen LogP contribution < -0.4 is 10.8 Å². The van der Waals surface area contributed by atoms with Gasteiger partial charge in [-0.1, -0.05) is 18.2 Å². The van der Waals surface area contributed by atoms with Crippen LogP contribution in [0.15, 0.2) is 36.4 Å². The van der Waals surface area contributed by atoms with Crippen molar-refractivity contribution in [3.05, 3.63) is 36.4 Å². The van der Waals surface area contributed by atoms with E-state index in [4.69, 9.17) is 10.0 Å². The number of amides is 1. The van der Waals surface area contributed by atoms with E-state index >= 15 is 0 Å². The highest BCUT2D eigenvalue weighted by atomic mass is 16.4. The van der Waals surface area contributed by atoms with Crippen molar-refractivity contribution in [3.8, 4) is 0 Å². The number of carbonyl (C=O) groups is 1. The Balaban J connectivity index is 2.68. The van der Waals surface area contributed by atoms with Crippen LogP contribution >= 0.6 is 0 Å². The van der Waals surface area contributed by atoms with Crippen molar-refractivity contribution in [1.29, 1.82) is 0 Å². The van der Waals surface area contributed by atoms with Crippen LogP contribution in [0, 0.1) is 0 Å². The lowest BCUT2D eigenvalue weighted by Gasteiger charge is -2.03. The Morgan fingerprint density at radius 1 is 1.33 bits per heavy atom. The molecule has 0 aliphatic carbocycles. The Morgan fingerprint density at radius 3 is 2.40 bits per heavy atom. The molecule has 0 radical (unpaired) electrons. The van der Waals surface area contributed by atoms with Gasteiger partial charge in [0.1, 0.15) is 0 Å². The molecule has 0 aliphatic rings.